The lowest BCUT2D eigenvalue weighted by atomic mass is 10.1. The lowest BCUT2D eigenvalue weighted by Gasteiger charge is -2.17. The summed E-state index contributed by atoms with van der Waals surface area (Å²) in [4.78, 5) is 22.8. The molecule has 2 rings (SSSR count). The summed E-state index contributed by atoms with van der Waals surface area (Å²) in [6.45, 7) is 9.73. The van der Waals surface area contributed by atoms with Crippen molar-refractivity contribution in [2.45, 2.75) is 53.2 Å². The molecule has 0 spiro atoms. The van der Waals surface area contributed by atoms with Crippen molar-refractivity contribution in [1.82, 2.24) is 24.9 Å². The highest BCUT2D eigenvalue weighted by atomic mass is 16.6. The summed E-state index contributed by atoms with van der Waals surface area (Å²) < 4.78 is 3.13. The van der Waals surface area contributed by atoms with Crippen LogP contribution in [-0.4, -0.2) is 30.4 Å². The molecular weight excluding hydrogens is 312 g/mol. The van der Waals surface area contributed by atoms with E-state index in [1.807, 2.05) is 31.6 Å². The van der Waals surface area contributed by atoms with Crippen LogP contribution in [-0.2, 0) is 11.3 Å². The molecule has 0 aliphatic rings. The zero-order chi connectivity index (χ0) is 18.0. The molecular formula is C15H22N6O3. The monoisotopic (exact) mass is 334 g/mol. The molecule has 0 aromatic carbocycles. The number of nitro groups is 1. The van der Waals surface area contributed by atoms with Crippen LogP contribution in [0.3, 0.4) is 0 Å². The molecule has 9 nitrogen and oxygen atoms in total. The Labute approximate surface area is 139 Å². The van der Waals surface area contributed by atoms with Gasteiger partial charge in [0.1, 0.15) is 17.9 Å². The standard InChI is InChI=1S/C15H22N6O3/c1-6-19-7-13(10(3)17-19)9(2)16-15(22)12(5)20-8-14(21(23)24)11(4)18-20/h7-9,12H,6H2,1-5H3,(H,16,22). The summed E-state index contributed by atoms with van der Waals surface area (Å²) in [5.41, 5.74) is 2.00. The average molecular weight is 334 g/mol. The Morgan fingerprint density at radius 2 is 1.96 bits per heavy atom. The van der Waals surface area contributed by atoms with Crippen molar-refractivity contribution in [1.29, 1.82) is 0 Å². The van der Waals surface area contributed by atoms with Crippen molar-refractivity contribution >= 4 is 11.6 Å². The molecule has 2 atom stereocenters. The topological polar surface area (TPSA) is 108 Å². The number of amides is 1. The van der Waals surface area contributed by atoms with E-state index in [0.717, 1.165) is 17.8 Å². The van der Waals surface area contributed by atoms with Gasteiger partial charge >= 0.3 is 5.69 Å². The van der Waals surface area contributed by atoms with Gasteiger partial charge < -0.3 is 5.32 Å². The van der Waals surface area contributed by atoms with Crippen LogP contribution in [0.25, 0.3) is 0 Å². The van der Waals surface area contributed by atoms with Crippen LogP contribution in [0.5, 0.6) is 0 Å². The maximum Gasteiger partial charge on any atom is 0.309 e. The van der Waals surface area contributed by atoms with Gasteiger partial charge in [0.15, 0.2) is 0 Å². The van der Waals surface area contributed by atoms with Crippen molar-refractivity contribution < 1.29 is 9.72 Å². The first-order valence-corrected chi connectivity index (χ1v) is 7.79. The van der Waals surface area contributed by atoms with E-state index in [-0.39, 0.29) is 23.3 Å². The summed E-state index contributed by atoms with van der Waals surface area (Å²) in [5, 5.41) is 22.2. The fraction of sp³-hybridized carbons (Fsp3) is 0.533. The zero-order valence-electron chi connectivity index (χ0n) is 14.5. The van der Waals surface area contributed by atoms with Gasteiger partial charge in [0.25, 0.3) is 0 Å². The van der Waals surface area contributed by atoms with Gasteiger partial charge in [0.2, 0.25) is 5.91 Å². The fourth-order valence-electron chi connectivity index (χ4n) is 2.50. The minimum absolute atomic E-state index is 0.0947. The number of nitrogens with zero attached hydrogens (tertiary/aromatic N) is 5. The Bertz CT molecular complexity index is 763. The van der Waals surface area contributed by atoms with E-state index >= 15 is 0 Å². The molecule has 2 aromatic rings. The van der Waals surface area contributed by atoms with E-state index in [2.05, 4.69) is 15.5 Å². The van der Waals surface area contributed by atoms with Gasteiger partial charge in [-0.2, -0.15) is 10.2 Å². The molecule has 0 bridgehead atoms. The minimum Gasteiger partial charge on any atom is -0.348 e. The fourth-order valence-corrected chi connectivity index (χ4v) is 2.50. The molecule has 1 amide bonds. The SMILES string of the molecule is CCn1cc(C(C)NC(=O)C(C)n2cc([N+](=O)[O-])c(C)n2)c(C)n1. The third-order valence-corrected chi connectivity index (χ3v) is 4.00. The first-order valence-electron chi connectivity index (χ1n) is 7.79. The molecule has 2 heterocycles. The van der Waals surface area contributed by atoms with Gasteiger partial charge in [-0.25, -0.2) is 0 Å². The van der Waals surface area contributed by atoms with Crippen molar-refractivity contribution in [2.75, 3.05) is 0 Å². The van der Waals surface area contributed by atoms with E-state index in [9.17, 15) is 14.9 Å². The van der Waals surface area contributed by atoms with E-state index in [0.29, 0.717) is 0 Å². The van der Waals surface area contributed by atoms with Crippen LogP contribution in [0.15, 0.2) is 12.4 Å². The van der Waals surface area contributed by atoms with Gasteiger partial charge in [-0.1, -0.05) is 0 Å². The van der Waals surface area contributed by atoms with E-state index in [1.165, 1.54) is 10.9 Å². The molecule has 0 fully saturated rings. The van der Waals surface area contributed by atoms with E-state index in [1.54, 1.807) is 13.8 Å². The Kier molecular flexibility index (Phi) is 5.01. The number of nitrogens with one attached hydrogen (secondary N) is 1. The lowest BCUT2D eigenvalue weighted by molar-refractivity contribution is -0.385. The summed E-state index contributed by atoms with van der Waals surface area (Å²) in [5.74, 6) is -0.261. The highest BCUT2D eigenvalue weighted by Crippen LogP contribution is 2.20. The third-order valence-electron chi connectivity index (χ3n) is 4.00. The summed E-state index contributed by atoms with van der Waals surface area (Å²) in [6, 6.07) is -0.867. The van der Waals surface area contributed by atoms with Crippen LogP contribution in [0.1, 0.15) is 49.8 Å². The molecule has 130 valence electrons. The van der Waals surface area contributed by atoms with Gasteiger partial charge in [-0.15, -0.1) is 0 Å². The largest absolute Gasteiger partial charge is 0.348 e. The van der Waals surface area contributed by atoms with Crippen LogP contribution < -0.4 is 5.32 Å². The number of aryl methyl sites for hydroxylation is 3. The average Bonchev–Trinajstić information content (AvgIpc) is 3.09. The number of carbonyl (C=O) groups is 1. The first kappa shape index (κ1) is 17.6. The lowest BCUT2D eigenvalue weighted by Crippen LogP contribution is -2.33. The second kappa shape index (κ2) is 6.81. The molecule has 2 unspecified atom stereocenters. The summed E-state index contributed by atoms with van der Waals surface area (Å²) in [6.07, 6.45) is 3.19. The summed E-state index contributed by atoms with van der Waals surface area (Å²) in [7, 11) is 0. The normalized spacial score (nSPS) is 13.5. The molecule has 0 radical (unpaired) electrons. The van der Waals surface area contributed by atoms with E-state index < -0.39 is 11.0 Å². The Balaban J connectivity index is 2.12. The molecule has 0 saturated heterocycles. The molecule has 1 N–H and O–H groups in total. The van der Waals surface area contributed by atoms with Crippen LogP contribution in [0.2, 0.25) is 0 Å². The third kappa shape index (κ3) is 3.44. The maximum atomic E-state index is 12.4. The van der Waals surface area contributed by atoms with Crippen molar-refractivity contribution in [3.63, 3.8) is 0 Å². The van der Waals surface area contributed by atoms with Crippen molar-refractivity contribution in [2.24, 2.45) is 0 Å². The number of carbonyl (C=O) groups excluding carboxylic acids is 1. The number of rotatable bonds is 6. The van der Waals surface area contributed by atoms with Gasteiger partial charge in [-0.05, 0) is 34.6 Å². The highest BCUT2D eigenvalue weighted by Gasteiger charge is 2.24. The van der Waals surface area contributed by atoms with Crippen molar-refractivity contribution in [3.05, 3.63) is 39.5 Å². The Hall–Kier alpha value is -2.71. The van der Waals surface area contributed by atoms with E-state index in [4.69, 9.17) is 0 Å². The first-order chi connectivity index (χ1) is 11.2. The summed E-state index contributed by atoms with van der Waals surface area (Å²) >= 11 is 0. The Morgan fingerprint density at radius 1 is 1.29 bits per heavy atom. The smallest absolute Gasteiger partial charge is 0.309 e. The van der Waals surface area contributed by atoms with Crippen molar-refractivity contribution in [3.8, 4) is 0 Å². The number of aromatic nitrogens is 4. The zero-order valence-corrected chi connectivity index (χ0v) is 14.5. The predicted molar refractivity (Wildman–Crippen MR) is 87.5 cm³/mol. The maximum absolute atomic E-state index is 12.4. The quantitative estimate of drug-likeness (QED) is 0.642. The van der Waals surface area contributed by atoms with Gasteiger partial charge in [-0.3, -0.25) is 24.3 Å². The minimum atomic E-state index is -0.652. The Morgan fingerprint density at radius 3 is 2.46 bits per heavy atom. The predicted octanol–water partition coefficient (Wildman–Crippen LogP) is 2.06. The second-order valence-corrected chi connectivity index (χ2v) is 5.77. The molecule has 2 aromatic heterocycles. The molecule has 0 saturated carbocycles. The molecule has 0 aliphatic heterocycles. The number of hydrogen-bond donors (Lipinski definition) is 1. The highest BCUT2D eigenvalue weighted by molar-refractivity contribution is 5.80. The van der Waals surface area contributed by atoms with Gasteiger partial charge in [0.05, 0.1) is 16.7 Å². The molecule has 9 heteroatoms. The number of hydrogen-bond acceptors (Lipinski definition) is 5. The molecule has 24 heavy (non-hydrogen) atoms. The van der Waals surface area contributed by atoms with Gasteiger partial charge in [0, 0.05) is 18.3 Å². The molecule has 0 aliphatic carbocycles. The van der Waals surface area contributed by atoms with Crippen LogP contribution >= 0.6 is 0 Å². The second-order valence-electron chi connectivity index (χ2n) is 5.77. The van der Waals surface area contributed by atoms with Crippen LogP contribution in [0, 0.1) is 24.0 Å². The van der Waals surface area contributed by atoms with Crippen LogP contribution in [0.4, 0.5) is 5.69 Å².